The lowest BCUT2D eigenvalue weighted by Gasteiger charge is -2.46. The van der Waals surface area contributed by atoms with Gasteiger partial charge in [0.25, 0.3) is 0 Å². The maximum absolute atomic E-state index is 6.35. The summed E-state index contributed by atoms with van der Waals surface area (Å²) in [5, 5.41) is 0. The van der Waals surface area contributed by atoms with Crippen molar-refractivity contribution in [2.75, 3.05) is 19.7 Å². The lowest BCUT2D eigenvalue weighted by molar-refractivity contribution is -0.0126. The number of ether oxygens (including phenoxy) is 1. The maximum Gasteiger partial charge on any atom is 0.0599 e. The molecule has 2 atom stereocenters. The Morgan fingerprint density at radius 2 is 1.89 bits per heavy atom. The second kappa shape index (κ2) is 5.89. The van der Waals surface area contributed by atoms with Crippen LogP contribution in [0.3, 0.4) is 0 Å². The van der Waals surface area contributed by atoms with E-state index in [-0.39, 0.29) is 0 Å². The van der Waals surface area contributed by atoms with Crippen molar-refractivity contribution in [2.24, 2.45) is 11.1 Å². The van der Waals surface area contributed by atoms with E-state index in [4.69, 9.17) is 10.5 Å². The monoisotopic (exact) mass is 254 g/mol. The summed E-state index contributed by atoms with van der Waals surface area (Å²) in [4.78, 5) is 2.63. The normalized spacial score (nSPS) is 34.7. The molecule has 106 valence electrons. The quantitative estimate of drug-likeness (QED) is 0.840. The van der Waals surface area contributed by atoms with Crippen molar-refractivity contribution >= 4 is 0 Å². The van der Waals surface area contributed by atoms with Crippen LogP contribution in [0.15, 0.2) is 0 Å². The SMILES string of the molecule is CCOC1CCN(C2CC(C)(C)CCC2N)CC1. The highest BCUT2D eigenvalue weighted by Gasteiger charge is 2.37. The van der Waals surface area contributed by atoms with Crippen molar-refractivity contribution in [1.29, 1.82) is 0 Å². The highest BCUT2D eigenvalue weighted by molar-refractivity contribution is 4.94. The molecular formula is C15H30N2O. The summed E-state index contributed by atoms with van der Waals surface area (Å²) in [6, 6.07) is 0.970. The second-order valence-electron chi connectivity index (χ2n) is 6.83. The van der Waals surface area contributed by atoms with Crippen LogP contribution in [0.5, 0.6) is 0 Å². The molecule has 1 saturated carbocycles. The number of hydrogen-bond donors (Lipinski definition) is 1. The first kappa shape index (κ1) is 14.3. The summed E-state index contributed by atoms with van der Waals surface area (Å²) in [6.45, 7) is 10.0. The first-order chi connectivity index (χ1) is 8.52. The van der Waals surface area contributed by atoms with Gasteiger partial charge >= 0.3 is 0 Å². The smallest absolute Gasteiger partial charge is 0.0599 e. The minimum absolute atomic E-state index is 0.377. The van der Waals surface area contributed by atoms with E-state index in [1.165, 1.54) is 45.2 Å². The van der Waals surface area contributed by atoms with Crippen molar-refractivity contribution in [3.05, 3.63) is 0 Å². The van der Waals surface area contributed by atoms with Gasteiger partial charge in [0, 0.05) is 31.8 Å². The molecule has 1 aliphatic heterocycles. The molecule has 0 bridgehead atoms. The third-order valence-corrected chi connectivity index (χ3v) is 4.76. The molecule has 1 heterocycles. The fraction of sp³-hybridized carbons (Fsp3) is 1.00. The summed E-state index contributed by atoms with van der Waals surface area (Å²) < 4.78 is 5.73. The molecule has 0 aromatic rings. The maximum atomic E-state index is 6.35. The van der Waals surface area contributed by atoms with Crippen LogP contribution in [0.2, 0.25) is 0 Å². The van der Waals surface area contributed by atoms with E-state index in [1.807, 2.05) is 0 Å². The Kier molecular flexibility index (Phi) is 4.68. The van der Waals surface area contributed by atoms with Gasteiger partial charge in [-0.1, -0.05) is 13.8 Å². The lowest BCUT2D eigenvalue weighted by Crippen LogP contribution is -2.55. The van der Waals surface area contributed by atoms with Gasteiger partial charge in [0.05, 0.1) is 6.10 Å². The fourth-order valence-corrected chi connectivity index (χ4v) is 3.58. The predicted octanol–water partition coefficient (Wildman–Crippen LogP) is 2.39. The molecule has 0 aromatic heterocycles. The third-order valence-electron chi connectivity index (χ3n) is 4.76. The van der Waals surface area contributed by atoms with Crippen LogP contribution in [0.4, 0.5) is 0 Å². The van der Waals surface area contributed by atoms with E-state index in [1.54, 1.807) is 0 Å². The molecule has 3 heteroatoms. The summed E-state index contributed by atoms with van der Waals surface area (Å²) >= 11 is 0. The Morgan fingerprint density at radius 3 is 2.50 bits per heavy atom. The van der Waals surface area contributed by atoms with Gasteiger partial charge in [-0.2, -0.15) is 0 Å². The third kappa shape index (κ3) is 3.46. The average molecular weight is 254 g/mol. The van der Waals surface area contributed by atoms with E-state index < -0.39 is 0 Å². The molecule has 1 aliphatic carbocycles. The Morgan fingerprint density at radius 1 is 1.22 bits per heavy atom. The molecule has 18 heavy (non-hydrogen) atoms. The minimum Gasteiger partial charge on any atom is -0.378 e. The van der Waals surface area contributed by atoms with Crippen molar-refractivity contribution in [2.45, 2.75) is 71.1 Å². The van der Waals surface area contributed by atoms with Gasteiger partial charge in [-0.05, 0) is 44.4 Å². The summed E-state index contributed by atoms with van der Waals surface area (Å²) in [5.41, 5.74) is 6.82. The van der Waals surface area contributed by atoms with Crippen molar-refractivity contribution < 1.29 is 4.74 Å². The van der Waals surface area contributed by atoms with Gasteiger partial charge in [-0.25, -0.2) is 0 Å². The van der Waals surface area contributed by atoms with Crippen LogP contribution in [-0.4, -0.2) is 42.8 Å². The fourth-order valence-electron chi connectivity index (χ4n) is 3.58. The number of hydrogen-bond acceptors (Lipinski definition) is 3. The highest BCUT2D eigenvalue weighted by Crippen LogP contribution is 2.37. The van der Waals surface area contributed by atoms with Gasteiger partial charge in [0.15, 0.2) is 0 Å². The second-order valence-corrected chi connectivity index (χ2v) is 6.83. The van der Waals surface area contributed by atoms with Crippen LogP contribution >= 0.6 is 0 Å². The number of likely N-dealkylation sites (tertiary alicyclic amines) is 1. The minimum atomic E-state index is 0.377. The molecule has 2 fully saturated rings. The number of piperidine rings is 1. The Hall–Kier alpha value is -0.120. The van der Waals surface area contributed by atoms with Crippen LogP contribution in [0.1, 0.15) is 52.9 Å². The van der Waals surface area contributed by atoms with Crippen LogP contribution in [0, 0.1) is 5.41 Å². The van der Waals surface area contributed by atoms with E-state index in [0.29, 0.717) is 23.6 Å². The molecule has 2 unspecified atom stereocenters. The molecule has 0 aromatic carbocycles. The van der Waals surface area contributed by atoms with E-state index in [2.05, 4.69) is 25.7 Å². The average Bonchev–Trinajstić information content (AvgIpc) is 2.34. The summed E-state index contributed by atoms with van der Waals surface area (Å²) in [6.07, 6.45) is 6.56. The van der Waals surface area contributed by atoms with Crippen LogP contribution < -0.4 is 5.73 Å². The van der Waals surface area contributed by atoms with Gasteiger partial charge in [-0.3, -0.25) is 4.90 Å². The van der Waals surface area contributed by atoms with Crippen LogP contribution in [0.25, 0.3) is 0 Å². The molecule has 2 rings (SSSR count). The topological polar surface area (TPSA) is 38.5 Å². The van der Waals surface area contributed by atoms with Gasteiger partial charge in [-0.15, -0.1) is 0 Å². The summed E-state index contributed by atoms with van der Waals surface area (Å²) in [7, 11) is 0. The molecule has 2 N–H and O–H groups in total. The number of nitrogens with two attached hydrogens (primary N) is 1. The number of nitrogens with zero attached hydrogens (tertiary/aromatic N) is 1. The largest absolute Gasteiger partial charge is 0.378 e. The zero-order chi connectivity index (χ0) is 13.2. The molecule has 2 aliphatic rings. The highest BCUT2D eigenvalue weighted by atomic mass is 16.5. The van der Waals surface area contributed by atoms with Crippen molar-refractivity contribution in [1.82, 2.24) is 4.90 Å². The molecular weight excluding hydrogens is 224 g/mol. The Balaban J connectivity index is 1.88. The van der Waals surface area contributed by atoms with Gasteiger partial charge < -0.3 is 10.5 Å². The van der Waals surface area contributed by atoms with E-state index in [9.17, 15) is 0 Å². The molecule has 0 spiro atoms. The molecule has 0 radical (unpaired) electrons. The van der Waals surface area contributed by atoms with Crippen LogP contribution in [-0.2, 0) is 4.74 Å². The first-order valence-electron chi connectivity index (χ1n) is 7.63. The standard InChI is InChI=1S/C15H30N2O/c1-4-18-12-6-9-17(10-7-12)14-11-15(2,3)8-5-13(14)16/h12-14H,4-11,16H2,1-3H3. The van der Waals surface area contributed by atoms with E-state index in [0.717, 1.165) is 6.61 Å². The predicted molar refractivity (Wildman–Crippen MR) is 75.6 cm³/mol. The zero-order valence-electron chi connectivity index (χ0n) is 12.3. The summed E-state index contributed by atoms with van der Waals surface area (Å²) in [5.74, 6) is 0. The van der Waals surface area contributed by atoms with E-state index >= 15 is 0 Å². The Labute approximate surface area is 112 Å². The van der Waals surface area contributed by atoms with Crippen molar-refractivity contribution in [3.63, 3.8) is 0 Å². The van der Waals surface area contributed by atoms with Gasteiger partial charge in [0.1, 0.15) is 0 Å². The molecule has 0 amide bonds. The molecule has 1 saturated heterocycles. The zero-order valence-corrected chi connectivity index (χ0v) is 12.3. The molecule has 3 nitrogen and oxygen atoms in total. The Bertz CT molecular complexity index is 259. The van der Waals surface area contributed by atoms with Gasteiger partial charge in [0.2, 0.25) is 0 Å². The first-order valence-corrected chi connectivity index (χ1v) is 7.63. The number of rotatable bonds is 3. The lowest BCUT2D eigenvalue weighted by atomic mass is 9.72. The van der Waals surface area contributed by atoms with Crippen molar-refractivity contribution in [3.8, 4) is 0 Å².